The van der Waals surface area contributed by atoms with Crippen molar-refractivity contribution < 1.29 is 22.3 Å². The topological polar surface area (TPSA) is 75.7 Å². The highest BCUT2D eigenvalue weighted by molar-refractivity contribution is 7.88. The van der Waals surface area contributed by atoms with E-state index in [1.807, 2.05) is 18.2 Å². The van der Waals surface area contributed by atoms with Crippen LogP contribution < -0.4 is 5.32 Å². The number of amides is 1. The number of rotatable bonds is 7. The van der Waals surface area contributed by atoms with Crippen LogP contribution in [0.5, 0.6) is 0 Å². The monoisotopic (exact) mass is 508 g/mol. The van der Waals surface area contributed by atoms with E-state index in [9.17, 15) is 17.6 Å². The zero-order valence-electron chi connectivity index (χ0n) is 19.0. The minimum atomic E-state index is -3.74. The standard InChI is InChI=1S/C25H30ClFN2O4S/c26-22-7-4-8-23(27)21(22)17-34(31,32)29-13-9-19(10-14-29)24(30)28-18-25(11-15-33-16-12-25)20-5-2-1-3-6-20/h1-8,19H,9-18H2,(H,28,30). The Kier molecular flexibility index (Phi) is 7.92. The van der Waals surface area contributed by atoms with E-state index >= 15 is 0 Å². The number of halogens is 2. The first kappa shape index (κ1) is 25.1. The van der Waals surface area contributed by atoms with Crippen LogP contribution in [0.15, 0.2) is 48.5 Å². The Bertz CT molecular complexity index is 1080. The summed E-state index contributed by atoms with van der Waals surface area (Å²) in [6, 6.07) is 14.3. The van der Waals surface area contributed by atoms with E-state index in [2.05, 4.69) is 17.4 Å². The van der Waals surface area contributed by atoms with Crippen LogP contribution in [-0.4, -0.2) is 51.5 Å². The summed E-state index contributed by atoms with van der Waals surface area (Å²) in [6.07, 6.45) is 2.54. The highest BCUT2D eigenvalue weighted by atomic mass is 35.5. The summed E-state index contributed by atoms with van der Waals surface area (Å²) < 4.78 is 46.7. The van der Waals surface area contributed by atoms with Crippen LogP contribution in [0.1, 0.15) is 36.8 Å². The lowest BCUT2D eigenvalue weighted by Crippen LogP contribution is -2.48. The molecule has 1 N–H and O–H groups in total. The van der Waals surface area contributed by atoms with Crippen molar-refractivity contribution in [1.82, 2.24) is 9.62 Å². The van der Waals surface area contributed by atoms with Crippen LogP contribution in [0.3, 0.4) is 0 Å². The molecular weight excluding hydrogens is 479 g/mol. The smallest absolute Gasteiger partial charge is 0.223 e. The molecule has 0 bridgehead atoms. The number of piperidine rings is 1. The summed E-state index contributed by atoms with van der Waals surface area (Å²) in [7, 11) is -3.74. The molecule has 6 nitrogen and oxygen atoms in total. The van der Waals surface area contributed by atoms with Gasteiger partial charge in [0.2, 0.25) is 15.9 Å². The van der Waals surface area contributed by atoms with Crippen LogP contribution in [0.2, 0.25) is 5.02 Å². The minimum Gasteiger partial charge on any atom is -0.381 e. The van der Waals surface area contributed by atoms with Gasteiger partial charge in [0.1, 0.15) is 5.82 Å². The van der Waals surface area contributed by atoms with E-state index in [4.69, 9.17) is 16.3 Å². The second kappa shape index (κ2) is 10.7. The zero-order chi connectivity index (χ0) is 24.2. The van der Waals surface area contributed by atoms with E-state index in [1.165, 1.54) is 28.1 Å². The van der Waals surface area contributed by atoms with Gasteiger partial charge in [0.05, 0.1) is 5.75 Å². The molecule has 0 aliphatic carbocycles. The Hall–Kier alpha value is -2.00. The summed E-state index contributed by atoms with van der Waals surface area (Å²) >= 11 is 6.01. The molecule has 2 aliphatic heterocycles. The second-order valence-electron chi connectivity index (χ2n) is 9.11. The van der Waals surface area contributed by atoms with E-state index in [0.717, 1.165) is 12.8 Å². The van der Waals surface area contributed by atoms with E-state index in [0.29, 0.717) is 32.6 Å². The van der Waals surface area contributed by atoms with Crippen molar-refractivity contribution in [1.29, 1.82) is 0 Å². The lowest BCUT2D eigenvalue weighted by Gasteiger charge is -2.38. The Morgan fingerprint density at radius 1 is 1.09 bits per heavy atom. The third-order valence-corrected chi connectivity index (χ3v) is 9.20. The first-order chi connectivity index (χ1) is 16.3. The van der Waals surface area contributed by atoms with Gasteiger partial charge < -0.3 is 10.1 Å². The zero-order valence-corrected chi connectivity index (χ0v) is 20.6. The predicted octanol–water partition coefficient (Wildman–Crippen LogP) is 3.89. The number of benzene rings is 2. The fourth-order valence-electron chi connectivity index (χ4n) is 4.86. The van der Waals surface area contributed by atoms with E-state index in [1.54, 1.807) is 0 Å². The molecule has 34 heavy (non-hydrogen) atoms. The average molecular weight is 509 g/mol. The summed E-state index contributed by atoms with van der Waals surface area (Å²) in [6.45, 7) is 2.30. The quantitative estimate of drug-likeness (QED) is 0.615. The molecule has 2 saturated heterocycles. The molecule has 2 heterocycles. The molecule has 2 aromatic carbocycles. The van der Waals surface area contributed by atoms with E-state index < -0.39 is 21.6 Å². The summed E-state index contributed by atoms with van der Waals surface area (Å²) in [5.74, 6) is -1.42. The highest BCUT2D eigenvalue weighted by Gasteiger charge is 2.37. The fourth-order valence-corrected chi connectivity index (χ4v) is 6.78. The maximum absolute atomic E-state index is 14.1. The molecule has 2 fully saturated rings. The molecular formula is C25H30ClFN2O4S. The fraction of sp³-hybridized carbons (Fsp3) is 0.480. The van der Waals surface area contributed by atoms with Crippen molar-refractivity contribution in [3.8, 4) is 0 Å². The normalized spacial score (nSPS) is 19.6. The molecule has 0 spiro atoms. The van der Waals surface area contributed by atoms with Gasteiger partial charge in [-0.2, -0.15) is 0 Å². The second-order valence-corrected chi connectivity index (χ2v) is 11.5. The SMILES string of the molecule is O=C(NCC1(c2ccccc2)CCOCC1)C1CCN(S(=O)(=O)Cc2c(F)cccc2Cl)CC1. The lowest BCUT2D eigenvalue weighted by molar-refractivity contribution is -0.126. The number of ether oxygens (including phenoxy) is 1. The molecule has 4 rings (SSSR count). The Morgan fingerprint density at radius 2 is 1.76 bits per heavy atom. The van der Waals surface area contributed by atoms with Crippen LogP contribution in [-0.2, 0) is 30.7 Å². The third kappa shape index (κ3) is 5.62. The van der Waals surface area contributed by atoms with Crippen molar-refractivity contribution in [3.05, 3.63) is 70.5 Å². The molecule has 0 atom stereocenters. The van der Waals surface area contributed by atoms with Gasteiger partial charge in [0.25, 0.3) is 0 Å². The van der Waals surface area contributed by atoms with Crippen LogP contribution in [0, 0.1) is 11.7 Å². The number of sulfonamides is 1. The molecule has 2 aromatic rings. The number of carbonyl (C=O) groups excluding carboxylic acids is 1. The third-order valence-electron chi connectivity index (χ3n) is 7.04. The van der Waals surface area contributed by atoms with Gasteiger partial charge >= 0.3 is 0 Å². The Morgan fingerprint density at radius 3 is 2.41 bits per heavy atom. The van der Waals surface area contributed by atoms with Gasteiger partial charge in [0, 0.05) is 54.8 Å². The molecule has 0 unspecified atom stereocenters. The van der Waals surface area contributed by atoms with E-state index in [-0.39, 0.29) is 40.9 Å². The molecule has 2 aliphatic rings. The van der Waals surface area contributed by atoms with Gasteiger partial charge in [0.15, 0.2) is 0 Å². The highest BCUT2D eigenvalue weighted by Crippen LogP contribution is 2.34. The van der Waals surface area contributed by atoms with Crippen molar-refractivity contribution >= 4 is 27.5 Å². The van der Waals surface area contributed by atoms with Crippen LogP contribution in [0.25, 0.3) is 0 Å². The van der Waals surface area contributed by atoms with Crippen LogP contribution >= 0.6 is 11.6 Å². The lowest BCUT2D eigenvalue weighted by atomic mass is 9.74. The number of nitrogens with one attached hydrogen (secondary N) is 1. The summed E-state index contributed by atoms with van der Waals surface area (Å²) in [5.41, 5.74) is 1.02. The number of carbonyl (C=O) groups is 1. The number of nitrogens with zero attached hydrogens (tertiary/aromatic N) is 1. The Labute approximate surface area is 205 Å². The maximum Gasteiger partial charge on any atom is 0.223 e. The number of hydrogen-bond acceptors (Lipinski definition) is 4. The van der Waals surface area contributed by atoms with Gasteiger partial charge in [-0.3, -0.25) is 4.79 Å². The van der Waals surface area contributed by atoms with Crippen molar-refractivity contribution in [2.45, 2.75) is 36.9 Å². The van der Waals surface area contributed by atoms with Crippen molar-refractivity contribution in [2.24, 2.45) is 5.92 Å². The molecule has 9 heteroatoms. The number of hydrogen-bond donors (Lipinski definition) is 1. The first-order valence-electron chi connectivity index (χ1n) is 11.6. The molecule has 0 radical (unpaired) electrons. The molecule has 184 valence electrons. The van der Waals surface area contributed by atoms with Gasteiger partial charge in [-0.05, 0) is 43.4 Å². The van der Waals surface area contributed by atoms with Crippen LogP contribution in [0.4, 0.5) is 4.39 Å². The first-order valence-corrected chi connectivity index (χ1v) is 13.6. The molecule has 1 amide bonds. The Balaban J connectivity index is 1.34. The summed E-state index contributed by atoms with van der Waals surface area (Å²) in [4.78, 5) is 13.0. The van der Waals surface area contributed by atoms with Gasteiger partial charge in [-0.15, -0.1) is 0 Å². The molecule has 0 saturated carbocycles. The summed E-state index contributed by atoms with van der Waals surface area (Å²) in [5, 5.41) is 3.24. The average Bonchev–Trinajstić information content (AvgIpc) is 2.86. The minimum absolute atomic E-state index is 0.0216. The predicted molar refractivity (Wildman–Crippen MR) is 130 cm³/mol. The maximum atomic E-state index is 14.1. The molecule has 0 aromatic heterocycles. The van der Waals surface area contributed by atoms with Crippen molar-refractivity contribution in [3.63, 3.8) is 0 Å². The largest absolute Gasteiger partial charge is 0.381 e. The van der Waals surface area contributed by atoms with Gasteiger partial charge in [-0.25, -0.2) is 17.1 Å². The van der Waals surface area contributed by atoms with Crippen molar-refractivity contribution in [2.75, 3.05) is 32.8 Å². The van der Waals surface area contributed by atoms with Gasteiger partial charge in [-0.1, -0.05) is 48.0 Å².